The molecule has 3 atom stereocenters. The summed E-state index contributed by atoms with van der Waals surface area (Å²) in [6.45, 7) is 2.24. The van der Waals surface area contributed by atoms with Crippen LogP contribution in [0.4, 0.5) is 0 Å². The smallest absolute Gasteiger partial charge is 0.0857 e. The van der Waals surface area contributed by atoms with Crippen LogP contribution in [0.25, 0.3) is 0 Å². The molecular weight excluding hydrogens is 314 g/mol. The zero-order valence-electron chi connectivity index (χ0n) is 13.7. The van der Waals surface area contributed by atoms with Gasteiger partial charge in [-0.25, -0.2) is 0 Å². The Morgan fingerprint density at radius 1 is 0.958 bits per heavy atom. The van der Waals surface area contributed by atoms with E-state index in [0.717, 1.165) is 12.8 Å². The molecule has 0 spiro atoms. The number of aromatic nitrogens is 2. The van der Waals surface area contributed by atoms with Crippen LogP contribution in [0.15, 0.2) is 60.7 Å². The predicted molar refractivity (Wildman–Crippen MR) is 98.2 cm³/mol. The summed E-state index contributed by atoms with van der Waals surface area (Å²) in [7, 11) is 0. The molecule has 1 aliphatic rings. The summed E-state index contributed by atoms with van der Waals surface area (Å²) in [4.78, 5) is 1.27. The van der Waals surface area contributed by atoms with Gasteiger partial charge in [-0.1, -0.05) is 78.5 Å². The van der Waals surface area contributed by atoms with Crippen molar-refractivity contribution in [1.29, 1.82) is 0 Å². The topological polar surface area (TPSA) is 37.8 Å². The third-order valence-corrected chi connectivity index (χ3v) is 5.60. The van der Waals surface area contributed by atoms with Crippen LogP contribution in [0, 0.1) is 0 Å². The van der Waals surface area contributed by atoms with Gasteiger partial charge in [-0.15, -0.1) is 5.10 Å². The Morgan fingerprint density at radius 3 is 2.29 bits per heavy atom. The van der Waals surface area contributed by atoms with Gasteiger partial charge in [0.2, 0.25) is 0 Å². The van der Waals surface area contributed by atoms with Gasteiger partial charge in [0.1, 0.15) is 0 Å². The van der Waals surface area contributed by atoms with Crippen molar-refractivity contribution >= 4 is 11.5 Å². The number of fused-ring (bicyclic) bond motifs is 1. The average molecular weight is 335 g/mol. The fourth-order valence-electron chi connectivity index (χ4n) is 3.69. The van der Waals surface area contributed by atoms with E-state index in [1.165, 1.54) is 33.2 Å². The highest BCUT2D eigenvalue weighted by Crippen LogP contribution is 2.45. The maximum absolute atomic E-state index is 4.54. The molecule has 0 radical (unpaired) electrons. The molecule has 2 aromatic carbocycles. The Hall–Kier alpha value is -2.04. The molecule has 4 rings (SSSR count). The fraction of sp³-hybridized carbons (Fsp3) is 0.300. The highest BCUT2D eigenvalue weighted by molar-refractivity contribution is 7.05. The number of nitrogens with zero attached hydrogens (tertiary/aromatic N) is 2. The van der Waals surface area contributed by atoms with Gasteiger partial charge >= 0.3 is 0 Å². The number of hydrogen-bond acceptors (Lipinski definition) is 4. The molecule has 0 bridgehead atoms. The van der Waals surface area contributed by atoms with E-state index in [0.29, 0.717) is 5.92 Å². The summed E-state index contributed by atoms with van der Waals surface area (Å²) < 4.78 is 4.29. The van der Waals surface area contributed by atoms with E-state index in [9.17, 15) is 0 Å². The van der Waals surface area contributed by atoms with E-state index in [-0.39, 0.29) is 12.1 Å². The minimum atomic E-state index is 0.166. The van der Waals surface area contributed by atoms with Gasteiger partial charge in [0.05, 0.1) is 16.6 Å². The first-order valence-electron chi connectivity index (χ1n) is 8.56. The van der Waals surface area contributed by atoms with Crippen LogP contribution in [0.2, 0.25) is 0 Å². The zero-order chi connectivity index (χ0) is 16.4. The standard InChI is InChI=1S/C20H21N3S/c1-2-9-16-17(14-10-5-3-6-11-14)21-18(15-12-7-4-8-13-15)20-19(16)22-23-24-20/h3-8,10-13,16-18,21H,2,9H2,1H3. The molecule has 0 saturated carbocycles. The second-order valence-electron chi connectivity index (χ2n) is 6.32. The molecular formula is C20H21N3S. The molecule has 122 valence electrons. The van der Waals surface area contributed by atoms with Gasteiger partial charge in [0.25, 0.3) is 0 Å². The Labute approximate surface area is 146 Å². The van der Waals surface area contributed by atoms with Gasteiger partial charge in [0, 0.05) is 12.0 Å². The van der Waals surface area contributed by atoms with Crippen LogP contribution in [-0.4, -0.2) is 9.59 Å². The maximum atomic E-state index is 4.54. The number of hydrogen-bond donors (Lipinski definition) is 1. The third kappa shape index (κ3) is 2.76. The van der Waals surface area contributed by atoms with Crippen molar-refractivity contribution in [2.24, 2.45) is 0 Å². The second kappa shape index (κ2) is 6.83. The highest BCUT2D eigenvalue weighted by Gasteiger charge is 2.38. The van der Waals surface area contributed by atoms with Crippen LogP contribution >= 0.6 is 11.5 Å². The second-order valence-corrected chi connectivity index (χ2v) is 7.10. The van der Waals surface area contributed by atoms with Crippen molar-refractivity contribution in [1.82, 2.24) is 14.9 Å². The van der Waals surface area contributed by atoms with Crippen LogP contribution < -0.4 is 5.32 Å². The van der Waals surface area contributed by atoms with Gasteiger partial charge in [-0.3, -0.25) is 5.32 Å². The molecule has 3 nitrogen and oxygen atoms in total. The first kappa shape index (κ1) is 15.5. The minimum Gasteiger partial charge on any atom is -0.298 e. The van der Waals surface area contributed by atoms with Crippen molar-refractivity contribution in [3.63, 3.8) is 0 Å². The summed E-state index contributed by atoms with van der Waals surface area (Å²) in [6.07, 6.45) is 2.26. The van der Waals surface area contributed by atoms with Gasteiger partial charge in [-0.2, -0.15) is 0 Å². The lowest BCUT2D eigenvalue weighted by atomic mass is 9.81. The van der Waals surface area contributed by atoms with E-state index in [1.54, 1.807) is 0 Å². The zero-order valence-corrected chi connectivity index (χ0v) is 14.5. The number of nitrogens with one attached hydrogen (secondary N) is 1. The molecule has 0 fully saturated rings. The molecule has 0 amide bonds. The summed E-state index contributed by atoms with van der Waals surface area (Å²) >= 11 is 1.53. The highest BCUT2D eigenvalue weighted by atomic mass is 32.1. The molecule has 1 N–H and O–H groups in total. The van der Waals surface area contributed by atoms with Crippen LogP contribution in [0.5, 0.6) is 0 Å². The van der Waals surface area contributed by atoms with E-state index in [2.05, 4.69) is 82.5 Å². The minimum absolute atomic E-state index is 0.166. The van der Waals surface area contributed by atoms with Crippen LogP contribution in [-0.2, 0) is 0 Å². The number of benzene rings is 2. The van der Waals surface area contributed by atoms with Crippen LogP contribution in [0.1, 0.15) is 59.5 Å². The SMILES string of the molecule is CCCC1c2nnsc2C(c2ccccc2)NC1c1ccccc1. The normalized spacial score (nSPS) is 23.0. The Balaban J connectivity index is 1.80. The summed E-state index contributed by atoms with van der Waals surface area (Å²) in [5.41, 5.74) is 3.79. The molecule has 0 saturated heterocycles. The lowest BCUT2D eigenvalue weighted by molar-refractivity contribution is 0.361. The molecule has 3 aromatic rings. The molecule has 0 aliphatic carbocycles. The van der Waals surface area contributed by atoms with Gasteiger partial charge in [0.15, 0.2) is 0 Å². The Bertz CT molecular complexity index is 785. The lowest BCUT2D eigenvalue weighted by Gasteiger charge is -2.36. The van der Waals surface area contributed by atoms with Crippen molar-refractivity contribution in [2.45, 2.75) is 37.8 Å². The van der Waals surface area contributed by atoms with Gasteiger partial charge < -0.3 is 0 Å². The predicted octanol–water partition coefficient (Wildman–Crippen LogP) is 4.86. The molecule has 1 aliphatic heterocycles. The fourth-order valence-corrected chi connectivity index (χ4v) is 4.50. The first-order valence-corrected chi connectivity index (χ1v) is 9.34. The van der Waals surface area contributed by atoms with Gasteiger partial charge in [-0.05, 0) is 29.1 Å². The molecule has 24 heavy (non-hydrogen) atoms. The Morgan fingerprint density at radius 2 is 1.62 bits per heavy atom. The van der Waals surface area contributed by atoms with E-state index in [4.69, 9.17) is 0 Å². The number of rotatable bonds is 4. The first-order chi connectivity index (χ1) is 11.9. The molecule has 3 unspecified atom stereocenters. The van der Waals surface area contributed by atoms with E-state index >= 15 is 0 Å². The summed E-state index contributed by atoms with van der Waals surface area (Å²) in [6, 6.07) is 21.8. The van der Waals surface area contributed by atoms with Crippen molar-refractivity contribution in [3.05, 3.63) is 82.4 Å². The molecule has 2 heterocycles. The Kier molecular flexibility index (Phi) is 4.41. The van der Waals surface area contributed by atoms with Crippen LogP contribution in [0.3, 0.4) is 0 Å². The third-order valence-electron chi connectivity index (χ3n) is 4.79. The maximum Gasteiger partial charge on any atom is 0.0857 e. The largest absolute Gasteiger partial charge is 0.298 e. The van der Waals surface area contributed by atoms with E-state index in [1.807, 2.05) is 0 Å². The summed E-state index contributed by atoms with van der Waals surface area (Å²) in [5, 5.41) is 8.43. The van der Waals surface area contributed by atoms with Crippen molar-refractivity contribution < 1.29 is 0 Å². The quantitative estimate of drug-likeness (QED) is 0.740. The average Bonchev–Trinajstić information content (AvgIpc) is 3.13. The monoisotopic (exact) mass is 335 g/mol. The summed E-state index contributed by atoms with van der Waals surface area (Å²) in [5.74, 6) is 0.381. The van der Waals surface area contributed by atoms with Crippen molar-refractivity contribution in [3.8, 4) is 0 Å². The van der Waals surface area contributed by atoms with E-state index < -0.39 is 0 Å². The lowest BCUT2D eigenvalue weighted by Crippen LogP contribution is -2.36. The molecule has 1 aromatic heterocycles. The molecule has 4 heteroatoms. The van der Waals surface area contributed by atoms with Crippen molar-refractivity contribution in [2.75, 3.05) is 0 Å².